The van der Waals surface area contributed by atoms with Crippen molar-refractivity contribution >= 4 is 17.8 Å². The molecule has 68 heavy (non-hydrogen) atoms. The molecule has 0 saturated carbocycles. The van der Waals surface area contributed by atoms with Crippen LogP contribution in [-0.2, 0) is 52.3 Å². The zero-order valence-corrected chi connectivity index (χ0v) is 36.3. The maximum atomic E-state index is 13.0. The van der Waals surface area contributed by atoms with Crippen LogP contribution in [-0.4, -0.2) is 302 Å². The van der Waals surface area contributed by atoms with Gasteiger partial charge < -0.3 is 140 Å². The largest absolute Gasteiger partial charge is 0.477 e. The minimum Gasteiger partial charge on any atom is -0.477 e. The first-order valence-electron chi connectivity index (χ1n) is 21.1. The summed E-state index contributed by atoms with van der Waals surface area (Å²) in [6.07, 6.45) is -46.8. The van der Waals surface area contributed by atoms with Crippen molar-refractivity contribution < 1.29 is 144 Å². The summed E-state index contributed by atoms with van der Waals surface area (Å²) in [5.74, 6) is -6.86. The van der Waals surface area contributed by atoms with E-state index in [4.69, 9.17) is 37.9 Å². The predicted octanol–water partition coefficient (Wildman–Crippen LogP) is -12.8. The first kappa shape index (κ1) is 58.0. The van der Waals surface area contributed by atoms with E-state index >= 15 is 0 Å². The molecular formula is C37H64N2O29. The molecular weight excluding hydrogens is 936 g/mol. The molecule has 0 aromatic rings. The third-order valence-electron chi connectivity index (χ3n) is 11.7. The van der Waals surface area contributed by atoms with Crippen LogP contribution in [0.4, 0.5) is 0 Å². The van der Waals surface area contributed by atoms with E-state index in [1.807, 2.05) is 0 Å². The predicted molar refractivity (Wildman–Crippen MR) is 209 cm³/mol. The molecule has 0 bridgehead atoms. The number of carboxylic acids is 1. The first-order valence-corrected chi connectivity index (χ1v) is 21.1. The fourth-order valence-corrected chi connectivity index (χ4v) is 8.02. The van der Waals surface area contributed by atoms with Crippen LogP contribution in [0.2, 0.25) is 0 Å². The Bertz CT molecular complexity index is 1610. The Kier molecular flexibility index (Phi) is 21.5. The molecule has 4 saturated heterocycles. The molecule has 4 heterocycles. The van der Waals surface area contributed by atoms with E-state index in [1.165, 1.54) is 0 Å². The van der Waals surface area contributed by atoms with Crippen molar-refractivity contribution in [3.05, 3.63) is 0 Å². The Labute approximate surface area is 385 Å². The molecule has 4 aliphatic heterocycles. The molecule has 0 unspecified atom stereocenters. The summed E-state index contributed by atoms with van der Waals surface area (Å²) in [7, 11) is 0. The standard InChI is InChI=1S/C37H64N2O29/c1-10(45)38-19-12(47)3-37(36(59)60,68-31(19)22(52)14(49)5-41)61-9-18-25(55)30(66-34-27(57)26(56)23(53)16(7-43)62-34)20(39-11(2)46)33(64-18)67-32-24(54)17(8-44)63-35(28(32)58)65-29(15(50)6-42)21(51)13(48)4-40/h12-35,40-44,47-58H,3-9H2,1-2H3,(H,38,45)(H,39,46)(H,59,60)/t12-,13-,14+,15+,16+,17+,18+,19+,20+,21+,22+,23-,24-,25+,26-,27+,28+,29+,30+,31+,32-,33-,34-,35-,37+/m0/s1. The average Bonchev–Trinajstić information content (AvgIpc) is 3.30. The number of nitrogens with one attached hydrogen (secondary N) is 2. The van der Waals surface area contributed by atoms with Crippen molar-refractivity contribution in [2.75, 3.05) is 39.6 Å². The molecule has 0 aliphatic carbocycles. The van der Waals surface area contributed by atoms with E-state index in [9.17, 15) is 106 Å². The van der Waals surface area contributed by atoms with Crippen molar-refractivity contribution in [3.63, 3.8) is 0 Å². The van der Waals surface area contributed by atoms with Gasteiger partial charge in [-0.05, 0) is 0 Å². The van der Waals surface area contributed by atoms with Gasteiger partial charge in [-0.15, -0.1) is 0 Å². The number of carbonyl (C=O) groups excluding carboxylic acids is 2. The lowest BCUT2D eigenvalue weighted by Gasteiger charge is -2.50. The van der Waals surface area contributed by atoms with Crippen molar-refractivity contribution in [1.82, 2.24) is 10.6 Å². The molecule has 2 amide bonds. The van der Waals surface area contributed by atoms with Crippen molar-refractivity contribution in [3.8, 4) is 0 Å². The molecule has 4 rings (SSSR count). The van der Waals surface area contributed by atoms with E-state index < -0.39 is 217 Å². The number of carbonyl (C=O) groups is 3. The van der Waals surface area contributed by atoms with Gasteiger partial charge in [0.1, 0.15) is 116 Å². The molecule has 25 atom stereocenters. The lowest BCUT2D eigenvalue weighted by Crippen LogP contribution is -2.71. The molecule has 20 N–H and O–H groups in total. The molecule has 31 nitrogen and oxygen atoms in total. The molecule has 4 fully saturated rings. The van der Waals surface area contributed by atoms with Crippen LogP contribution in [0, 0.1) is 0 Å². The molecule has 0 spiro atoms. The smallest absolute Gasteiger partial charge is 0.364 e. The van der Waals surface area contributed by atoms with Gasteiger partial charge in [0.25, 0.3) is 5.79 Å². The van der Waals surface area contributed by atoms with Crippen LogP contribution < -0.4 is 10.6 Å². The summed E-state index contributed by atoms with van der Waals surface area (Å²) in [6.45, 7) is -4.71. The number of hydrogen-bond acceptors (Lipinski definition) is 28. The van der Waals surface area contributed by atoms with Crippen LogP contribution >= 0.6 is 0 Å². The quantitative estimate of drug-likeness (QED) is 0.0479. The Morgan fingerprint density at radius 3 is 1.68 bits per heavy atom. The van der Waals surface area contributed by atoms with Gasteiger partial charge in [-0.1, -0.05) is 0 Å². The number of amides is 2. The van der Waals surface area contributed by atoms with Crippen molar-refractivity contribution in [2.45, 2.75) is 173 Å². The van der Waals surface area contributed by atoms with E-state index in [-0.39, 0.29) is 0 Å². The van der Waals surface area contributed by atoms with E-state index in [2.05, 4.69) is 10.6 Å². The fourth-order valence-electron chi connectivity index (χ4n) is 8.02. The SMILES string of the molecule is CC(=O)N[C@H]1[C@H](O[C@H]2[C@@H](O)[C@@H](CO)O[C@@H](O[C@@H]([C@H](O)[C@@H](O)CO)[C@H](O)CO)[C@@H]2O)O[C@H](CO[C@]2(C(=O)O)C[C@H](O)[C@@H](NC(C)=O)[C@H]([C@H](O)[C@H](O)CO)O2)[C@@H](O)[C@@H]1O[C@@H]1O[C@H](CO)[C@H](O)[C@H](O)[C@H]1O. The average molecular weight is 1000 g/mol. The maximum Gasteiger partial charge on any atom is 0.364 e. The van der Waals surface area contributed by atoms with Gasteiger partial charge in [-0.25, -0.2) is 4.79 Å². The molecule has 0 aromatic carbocycles. The first-order chi connectivity index (χ1) is 31.9. The summed E-state index contributed by atoms with van der Waals surface area (Å²) in [5.41, 5.74) is 0. The van der Waals surface area contributed by atoms with Crippen molar-refractivity contribution in [1.29, 1.82) is 0 Å². The zero-order valence-electron chi connectivity index (χ0n) is 36.3. The highest BCUT2D eigenvalue weighted by Gasteiger charge is 2.59. The summed E-state index contributed by atoms with van der Waals surface area (Å²) in [5, 5.41) is 193. The summed E-state index contributed by atoms with van der Waals surface area (Å²) >= 11 is 0. The van der Waals surface area contributed by atoms with Gasteiger partial charge in [0.15, 0.2) is 18.9 Å². The van der Waals surface area contributed by atoms with Gasteiger partial charge in [0.05, 0.1) is 51.8 Å². The van der Waals surface area contributed by atoms with Crippen LogP contribution in [0.1, 0.15) is 20.3 Å². The topological polar surface area (TPSA) is 513 Å². The van der Waals surface area contributed by atoms with E-state index in [1.54, 1.807) is 0 Å². The minimum atomic E-state index is -3.08. The molecule has 4 aliphatic rings. The zero-order chi connectivity index (χ0) is 51.1. The molecule has 31 heteroatoms. The lowest BCUT2D eigenvalue weighted by molar-refractivity contribution is -0.377. The number of rotatable bonds is 22. The van der Waals surface area contributed by atoms with E-state index in [0.29, 0.717) is 0 Å². The van der Waals surface area contributed by atoms with Crippen LogP contribution in [0.25, 0.3) is 0 Å². The van der Waals surface area contributed by atoms with E-state index in [0.717, 1.165) is 13.8 Å². The van der Waals surface area contributed by atoms with Gasteiger partial charge in [0.2, 0.25) is 11.8 Å². The summed E-state index contributed by atoms with van der Waals surface area (Å²) in [4.78, 5) is 37.8. The Balaban J connectivity index is 1.79. The third kappa shape index (κ3) is 13.1. The molecule has 0 radical (unpaired) electrons. The van der Waals surface area contributed by atoms with Crippen LogP contribution in [0.15, 0.2) is 0 Å². The van der Waals surface area contributed by atoms with Crippen LogP contribution in [0.5, 0.6) is 0 Å². The second-order valence-electron chi connectivity index (χ2n) is 16.6. The third-order valence-corrected chi connectivity index (χ3v) is 11.7. The van der Waals surface area contributed by atoms with Gasteiger partial charge in [-0.2, -0.15) is 0 Å². The second-order valence-corrected chi connectivity index (χ2v) is 16.6. The monoisotopic (exact) mass is 1000 g/mol. The normalized spacial score (nSPS) is 41.7. The maximum absolute atomic E-state index is 13.0. The lowest BCUT2D eigenvalue weighted by atomic mass is 9.88. The summed E-state index contributed by atoms with van der Waals surface area (Å²) in [6, 6.07) is -3.56. The number of hydrogen-bond donors (Lipinski definition) is 20. The number of carboxylic acid groups (broad SMARTS) is 1. The highest BCUT2D eigenvalue weighted by Crippen LogP contribution is 2.37. The number of aliphatic hydroxyl groups excluding tert-OH is 17. The second kappa shape index (κ2) is 25.2. The molecule has 0 aromatic heterocycles. The Morgan fingerprint density at radius 2 is 1.13 bits per heavy atom. The number of ether oxygens (including phenoxy) is 8. The minimum absolute atomic E-state index is 0.815. The van der Waals surface area contributed by atoms with Crippen LogP contribution in [0.3, 0.4) is 0 Å². The van der Waals surface area contributed by atoms with Gasteiger partial charge >= 0.3 is 5.97 Å². The molecule has 396 valence electrons. The van der Waals surface area contributed by atoms with Gasteiger partial charge in [0, 0.05) is 20.3 Å². The highest BCUT2D eigenvalue weighted by molar-refractivity contribution is 5.76. The number of aliphatic carboxylic acids is 1. The Morgan fingerprint density at radius 1 is 0.618 bits per heavy atom. The fraction of sp³-hybridized carbons (Fsp3) is 0.919. The highest BCUT2D eigenvalue weighted by atomic mass is 16.8. The van der Waals surface area contributed by atoms with Crippen molar-refractivity contribution in [2.24, 2.45) is 0 Å². The summed E-state index contributed by atoms with van der Waals surface area (Å²) < 4.78 is 45.5. The number of aliphatic hydroxyl groups is 17. The van der Waals surface area contributed by atoms with Gasteiger partial charge in [-0.3, -0.25) is 9.59 Å². The Hall–Kier alpha value is -2.59.